The average Bonchev–Trinajstić information content (AvgIpc) is 2.28. The molecule has 0 heterocycles. The van der Waals surface area contributed by atoms with Gasteiger partial charge in [-0.2, -0.15) is 13.2 Å². The maximum Gasteiger partial charge on any atom is 0.417 e. The normalized spacial score (nSPS) is 11.6. The van der Waals surface area contributed by atoms with Gasteiger partial charge < -0.3 is 5.11 Å². The predicted molar refractivity (Wildman–Crippen MR) is 63.6 cm³/mol. The molecule has 0 amide bonds. The molecule has 1 N–H and O–H groups in total. The first-order valence-corrected chi connectivity index (χ1v) is 5.43. The Morgan fingerprint density at radius 2 is 1.61 bits per heavy atom. The molecule has 1 nitrogen and oxygen atoms in total. The van der Waals surface area contributed by atoms with Gasteiger partial charge in [0.25, 0.3) is 0 Å². The molecule has 5 heteroatoms. The molecule has 0 radical (unpaired) electrons. The first kappa shape index (κ1) is 12.8. The van der Waals surface area contributed by atoms with Crippen LogP contribution in [0.25, 0.3) is 11.1 Å². The van der Waals surface area contributed by atoms with Gasteiger partial charge in [0.15, 0.2) is 0 Å². The van der Waals surface area contributed by atoms with E-state index in [0.29, 0.717) is 0 Å². The van der Waals surface area contributed by atoms with Crippen LogP contribution < -0.4 is 0 Å². The minimum Gasteiger partial charge on any atom is -0.507 e. The molecule has 2 aromatic carbocycles. The SMILES string of the molecule is Oc1cccc(Cl)c1-c1ccccc1C(F)(F)F. The average molecular weight is 273 g/mol. The minimum atomic E-state index is -4.50. The molecule has 0 saturated carbocycles. The highest BCUT2D eigenvalue weighted by Crippen LogP contribution is 2.42. The van der Waals surface area contributed by atoms with E-state index in [4.69, 9.17) is 11.6 Å². The van der Waals surface area contributed by atoms with Crippen molar-refractivity contribution in [3.8, 4) is 16.9 Å². The fourth-order valence-corrected chi connectivity index (χ4v) is 2.00. The van der Waals surface area contributed by atoms with Crippen LogP contribution in [0.1, 0.15) is 5.56 Å². The number of phenolic OH excluding ortho intramolecular Hbond substituents is 1. The Morgan fingerprint density at radius 1 is 0.944 bits per heavy atom. The molecule has 0 atom stereocenters. The van der Waals surface area contributed by atoms with Crippen LogP contribution >= 0.6 is 11.6 Å². The molecule has 0 aromatic heterocycles. The number of halogens is 4. The van der Waals surface area contributed by atoms with E-state index >= 15 is 0 Å². The maximum atomic E-state index is 12.9. The molecular weight excluding hydrogens is 265 g/mol. The zero-order chi connectivity index (χ0) is 13.3. The van der Waals surface area contributed by atoms with Gasteiger partial charge in [-0.15, -0.1) is 0 Å². The Labute approximate surface area is 106 Å². The third-order valence-corrected chi connectivity index (χ3v) is 2.81. The monoisotopic (exact) mass is 272 g/mol. The van der Waals surface area contributed by atoms with Gasteiger partial charge in [0.05, 0.1) is 10.6 Å². The van der Waals surface area contributed by atoms with Crippen molar-refractivity contribution >= 4 is 11.6 Å². The van der Waals surface area contributed by atoms with E-state index in [1.807, 2.05) is 0 Å². The standard InChI is InChI=1S/C13H8ClF3O/c14-10-6-3-7-11(18)12(10)8-4-1-2-5-9(8)13(15,16)17/h1-7,18H. The van der Waals surface area contributed by atoms with Crippen molar-refractivity contribution in [1.29, 1.82) is 0 Å². The van der Waals surface area contributed by atoms with Crippen molar-refractivity contribution in [3.05, 3.63) is 53.1 Å². The van der Waals surface area contributed by atoms with Crippen LogP contribution in [0.5, 0.6) is 5.75 Å². The van der Waals surface area contributed by atoms with Crippen molar-refractivity contribution in [2.75, 3.05) is 0 Å². The van der Waals surface area contributed by atoms with Crippen LogP contribution in [-0.2, 0) is 6.18 Å². The van der Waals surface area contributed by atoms with Crippen molar-refractivity contribution < 1.29 is 18.3 Å². The highest BCUT2D eigenvalue weighted by atomic mass is 35.5. The summed E-state index contributed by atoms with van der Waals surface area (Å²) < 4.78 is 38.6. The summed E-state index contributed by atoms with van der Waals surface area (Å²) in [4.78, 5) is 0. The van der Waals surface area contributed by atoms with E-state index in [0.717, 1.165) is 6.07 Å². The molecular formula is C13H8ClF3O. The number of benzene rings is 2. The van der Waals surface area contributed by atoms with E-state index in [-0.39, 0.29) is 21.9 Å². The van der Waals surface area contributed by atoms with E-state index in [2.05, 4.69) is 0 Å². The molecule has 0 unspecified atom stereocenters. The van der Waals surface area contributed by atoms with Gasteiger partial charge in [-0.3, -0.25) is 0 Å². The summed E-state index contributed by atoms with van der Waals surface area (Å²) in [5.74, 6) is -0.279. The number of hydrogen-bond acceptors (Lipinski definition) is 1. The lowest BCUT2D eigenvalue weighted by molar-refractivity contribution is -0.137. The number of alkyl halides is 3. The first-order valence-electron chi connectivity index (χ1n) is 5.05. The first-order chi connectivity index (χ1) is 8.41. The van der Waals surface area contributed by atoms with Crippen LogP contribution in [0.15, 0.2) is 42.5 Å². The van der Waals surface area contributed by atoms with Crippen molar-refractivity contribution in [2.45, 2.75) is 6.18 Å². The fourth-order valence-electron chi connectivity index (χ4n) is 1.73. The van der Waals surface area contributed by atoms with Crippen molar-refractivity contribution in [2.24, 2.45) is 0 Å². The predicted octanol–water partition coefficient (Wildman–Crippen LogP) is 4.73. The summed E-state index contributed by atoms with van der Waals surface area (Å²) in [7, 11) is 0. The molecule has 0 aliphatic heterocycles. The Balaban J connectivity index is 2.73. The molecule has 0 saturated heterocycles. The van der Waals surface area contributed by atoms with Crippen LogP contribution in [-0.4, -0.2) is 5.11 Å². The lowest BCUT2D eigenvalue weighted by atomic mass is 9.98. The van der Waals surface area contributed by atoms with Gasteiger partial charge in [-0.1, -0.05) is 35.9 Å². The maximum absolute atomic E-state index is 12.9. The summed E-state index contributed by atoms with van der Waals surface area (Å²) in [6, 6.07) is 9.20. The van der Waals surface area contributed by atoms with Crippen LogP contribution in [0.2, 0.25) is 5.02 Å². The lowest BCUT2D eigenvalue weighted by Crippen LogP contribution is -2.07. The zero-order valence-electron chi connectivity index (χ0n) is 9.00. The van der Waals surface area contributed by atoms with E-state index in [9.17, 15) is 18.3 Å². The molecule has 18 heavy (non-hydrogen) atoms. The van der Waals surface area contributed by atoms with Crippen LogP contribution in [0.4, 0.5) is 13.2 Å². The van der Waals surface area contributed by atoms with Gasteiger partial charge >= 0.3 is 6.18 Å². The molecule has 94 valence electrons. The summed E-state index contributed by atoms with van der Waals surface area (Å²) in [5, 5.41) is 9.76. The van der Waals surface area contributed by atoms with Crippen molar-refractivity contribution in [1.82, 2.24) is 0 Å². The van der Waals surface area contributed by atoms with Gasteiger partial charge in [0, 0.05) is 5.56 Å². The van der Waals surface area contributed by atoms with E-state index < -0.39 is 11.7 Å². The van der Waals surface area contributed by atoms with Gasteiger partial charge in [0.1, 0.15) is 5.75 Å². The number of aromatic hydroxyl groups is 1. The van der Waals surface area contributed by atoms with Crippen molar-refractivity contribution in [3.63, 3.8) is 0 Å². The summed E-state index contributed by atoms with van der Waals surface area (Å²) >= 11 is 5.86. The number of phenols is 1. The topological polar surface area (TPSA) is 20.2 Å². The van der Waals surface area contributed by atoms with Gasteiger partial charge in [0.2, 0.25) is 0 Å². The second-order valence-electron chi connectivity index (χ2n) is 3.68. The fraction of sp³-hybridized carbons (Fsp3) is 0.0769. The molecule has 0 bridgehead atoms. The van der Waals surface area contributed by atoms with E-state index in [1.165, 1.54) is 36.4 Å². The third kappa shape index (κ3) is 2.29. The van der Waals surface area contributed by atoms with Gasteiger partial charge in [-0.05, 0) is 23.8 Å². The Kier molecular flexibility index (Phi) is 3.22. The Morgan fingerprint density at radius 3 is 2.22 bits per heavy atom. The summed E-state index contributed by atoms with van der Waals surface area (Å²) in [5.41, 5.74) is -0.964. The summed E-state index contributed by atoms with van der Waals surface area (Å²) in [6.45, 7) is 0. The van der Waals surface area contributed by atoms with E-state index in [1.54, 1.807) is 0 Å². The molecule has 0 fully saturated rings. The number of hydrogen-bond donors (Lipinski definition) is 1. The zero-order valence-corrected chi connectivity index (χ0v) is 9.76. The van der Waals surface area contributed by atoms with Crippen LogP contribution in [0.3, 0.4) is 0 Å². The number of rotatable bonds is 1. The molecule has 2 rings (SSSR count). The summed E-state index contributed by atoms with van der Waals surface area (Å²) in [6.07, 6.45) is -4.50. The second-order valence-corrected chi connectivity index (χ2v) is 4.08. The van der Waals surface area contributed by atoms with Crippen LogP contribution in [0, 0.1) is 0 Å². The Hall–Kier alpha value is -1.68. The second kappa shape index (κ2) is 4.53. The molecule has 0 aliphatic carbocycles. The molecule has 0 aliphatic rings. The van der Waals surface area contributed by atoms with Gasteiger partial charge in [-0.25, -0.2) is 0 Å². The third-order valence-electron chi connectivity index (χ3n) is 2.49. The molecule has 2 aromatic rings. The quantitative estimate of drug-likeness (QED) is 0.795. The molecule has 0 spiro atoms. The minimum absolute atomic E-state index is 0.00732. The Bertz CT molecular complexity index is 558. The highest BCUT2D eigenvalue weighted by molar-refractivity contribution is 6.33. The lowest BCUT2D eigenvalue weighted by Gasteiger charge is -2.14. The largest absolute Gasteiger partial charge is 0.507 e. The smallest absolute Gasteiger partial charge is 0.417 e. The highest BCUT2D eigenvalue weighted by Gasteiger charge is 2.34.